The maximum absolute atomic E-state index is 13.8. The molecule has 0 unspecified atom stereocenters. The molecular weight excluding hydrogens is 750 g/mol. The van der Waals surface area contributed by atoms with Crippen molar-refractivity contribution in [1.82, 2.24) is 9.13 Å². The molecule has 7 heteroatoms. The van der Waals surface area contributed by atoms with Gasteiger partial charge >= 0.3 is 6.18 Å². The molecule has 0 atom stereocenters. The second kappa shape index (κ2) is 13.8. The first kappa shape index (κ1) is 38.4. The van der Waals surface area contributed by atoms with E-state index in [9.17, 15) is 23.7 Å². The molecule has 0 aliphatic rings. The summed E-state index contributed by atoms with van der Waals surface area (Å²) in [5.74, 6) is 0. The van der Waals surface area contributed by atoms with Crippen LogP contribution in [0.1, 0.15) is 69.4 Å². The van der Waals surface area contributed by atoms with Crippen molar-refractivity contribution in [2.24, 2.45) is 0 Å². The lowest BCUT2D eigenvalue weighted by atomic mass is 9.86. The second-order valence-electron chi connectivity index (χ2n) is 17.6. The Balaban J connectivity index is 1.36. The number of fused-ring (bicyclic) bond motifs is 6. The van der Waals surface area contributed by atoms with Crippen molar-refractivity contribution in [2.75, 3.05) is 0 Å². The molecule has 294 valence electrons. The average Bonchev–Trinajstić information content (AvgIpc) is 3.74. The molecule has 9 rings (SSSR count). The summed E-state index contributed by atoms with van der Waals surface area (Å²) in [5.41, 5.74) is 9.57. The Kier molecular flexibility index (Phi) is 8.81. The molecule has 0 spiro atoms. The summed E-state index contributed by atoms with van der Waals surface area (Å²) in [6, 6.07) is 49.0. The van der Waals surface area contributed by atoms with Crippen LogP contribution >= 0.6 is 0 Å². The first-order valence-corrected chi connectivity index (χ1v) is 20.0. The summed E-state index contributed by atoms with van der Waals surface area (Å²) in [7, 11) is 0. The Morgan fingerprint density at radius 1 is 0.433 bits per heavy atom. The summed E-state index contributed by atoms with van der Waals surface area (Å²) in [5, 5.41) is 25.3. The lowest BCUT2D eigenvalue weighted by Gasteiger charge is -2.20. The standard InChI is InChI=1S/C53H41F3N4/c1-51(2,3)35-18-23-48-44(27-35)40-11-7-9-13-46(40)59(48)38-20-15-33(30-57)42(29-38)43-26-32(39-21-17-37(53(54,55)56)25-34(39)31-58)16-22-49(43)60-47-14-10-8-12-41(47)45-28-36(52(4,5)6)19-24-50(45)60/h7-29H,1-6H3. The van der Waals surface area contributed by atoms with Crippen LogP contribution in [0.5, 0.6) is 0 Å². The van der Waals surface area contributed by atoms with Crippen LogP contribution in [-0.4, -0.2) is 9.13 Å². The number of rotatable bonds is 4. The molecule has 0 saturated heterocycles. The van der Waals surface area contributed by atoms with E-state index in [2.05, 4.69) is 117 Å². The number of hydrogen-bond acceptors (Lipinski definition) is 2. The fourth-order valence-electron chi connectivity index (χ4n) is 8.59. The predicted octanol–water partition coefficient (Wildman–Crippen LogP) is 14.6. The topological polar surface area (TPSA) is 57.4 Å². The van der Waals surface area contributed by atoms with Gasteiger partial charge in [0.1, 0.15) is 0 Å². The highest BCUT2D eigenvalue weighted by molar-refractivity contribution is 6.11. The molecule has 0 saturated carbocycles. The summed E-state index contributed by atoms with van der Waals surface area (Å²) >= 11 is 0. The molecule has 0 aliphatic heterocycles. The zero-order chi connectivity index (χ0) is 42.3. The normalized spacial score (nSPS) is 12.4. The van der Waals surface area contributed by atoms with E-state index in [4.69, 9.17) is 0 Å². The van der Waals surface area contributed by atoms with Crippen molar-refractivity contribution in [2.45, 2.75) is 58.5 Å². The largest absolute Gasteiger partial charge is 0.416 e. The molecule has 4 nitrogen and oxygen atoms in total. The van der Waals surface area contributed by atoms with Crippen molar-refractivity contribution in [3.63, 3.8) is 0 Å². The Bertz CT molecular complexity index is 3300. The third kappa shape index (κ3) is 6.30. The van der Waals surface area contributed by atoms with Crippen molar-refractivity contribution in [3.05, 3.63) is 167 Å². The molecule has 0 radical (unpaired) electrons. The molecule has 0 aliphatic carbocycles. The highest BCUT2D eigenvalue weighted by Crippen LogP contribution is 2.43. The van der Waals surface area contributed by atoms with Gasteiger partial charge in [0.15, 0.2) is 0 Å². The van der Waals surface area contributed by atoms with E-state index < -0.39 is 11.7 Å². The SMILES string of the molecule is CC(C)(C)c1ccc2c(c1)c1ccccc1n2-c1ccc(C#N)c(-c2cc(-c3ccc(C(F)(F)F)cc3C#N)ccc2-n2c3ccccc3c3cc(C(C)(C)C)ccc32)c1. The van der Waals surface area contributed by atoms with Crippen LogP contribution in [-0.2, 0) is 17.0 Å². The van der Waals surface area contributed by atoms with Gasteiger partial charge in [0.2, 0.25) is 0 Å². The van der Waals surface area contributed by atoms with E-state index in [1.54, 1.807) is 0 Å². The quantitative estimate of drug-likeness (QED) is 0.178. The zero-order valence-electron chi connectivity index (χ0n) is 34.2. The summed E-state index contributed by atoms with van der Waals surface area (Å²) in [6.07, 6.45) is -4.61. The Labute approximate surface area is 347 Å². The van der Waals surface area contributed by atoms with Gasteiger partial charge < -0.3 is 9.13 Å². The van der Waals surface area contributed by atoms with E-state index in [1.807, 2.05) is 66.7 Å². The van der Waals surface area contributed by atoms with Crippen LogP contribution in [0.15, 0.2) is 140 Å². The number of nitriles is 2. The minimum atomic E-state index is -4.61. The first-order valence-electron chi connectivity index (χ1n) is 20.0. The van der Waals surface area contributed by atoms with Gasteiger partial charge in [-0.3, -0.25) is 0 Å². The highest BCUT2D eigenvalue weighted by Gasteiger charge is 2.31. The monoisotopic (exact) mass is 790 g/mol. The fraction of sp³-hybridized carbons (Fsp3) is 0.170. The Morgan fingerprint density at radius 2 is 0.967 bits per heavy atom. The third-order valence-corrected chi connectivity index (χ3v) is 11.8. The molecule has 60 heavy (non-hydrogen) atoms. The van der Waals surface area contributed by atoms with Crippen LogP contribution in [0.25, 0.3) is 77.2 Å². The molecule has 0 amide bonds. The number of halogens is 3. The van der Waals surface area contributed by atoms with Gasteiger partial charge in [-0.05, 0) is 112 Å². The summed E-state index contributed by atoms with van der Waals surface area (Å²) in [4.78, 5) is 0. The van der Waals surface area contributed by atoms with Gasteiger partial charge in [0.25, 0.3) is 0 Å². The molecule has 0 bridgehead atoms. The first-order chi connectivity index (χ1) is 28.6. The van der Waals surface area contributed by atoms with Crippen molar-refractivity contribution < 1.29 is 13.2 Å². The highest BCUT2D eigenvalue weighted by atomic mass is 19.4. The van der Waals surface area contributed by atoms with E-state index in [0.29, 0.717) is 27.8 Å². The van der Waals surface area contributed by atoms with Gasteiger partial charge in [-0.1, -0.05) is 102 Å². The van der Waals surface area contributed by atoms with Crippen LogP contribution in [0.4, 0.5) is 13.2 Å². The van der Waals surface area contributed by atoms with E-state index >= 15 is 0 Å². The summed E-state index contributed by atoms with van der Waals surface area (Å²) < 4.78 is 45.9. The number of aromatic nitrogens is 2. The number of benzene rings is 7. The Hall–Kier alpha value is -7.09. The predicted molar refractivity (Wildman–Crippen MR) is 238 cm³/mol. The number of para-hydroxylation sites is 2. The van der Waals surface area contributed by atoms with Crippen LogP contribution < -0.4 is 0 Å². The molecule has 2 aromatic heterocycles. The maximum atomic E-state index is 13.8. The minimum Gasteiger partial charge on any atom is -0.309 e. The van der Waals surface area contributed by atoms with Crippen molar-refractivity contribution in [1.29, 1.82) is 10.5 Å². The van der Waals surface area contributed by atoms with E-state index in [-0.39, 0.29) is 16.4 Å². The molecule has 0 fully saturated rings. The van der Waals surface area contributed by atoms with E-state index in [0.717, 1.165) is 67.1 Å². The van der Waals surface area contributed by atoms with Crippen LogP contribution in [0.2, 0.25) is 0 Å². The Morgan fingerprint density at radius 3 is 1.53 bits per heavy atom. The minimum absolute atomic E-state index is 0.0555. The maximum Gasteiger partial charge on any atom is 0.416 e. The number of nitrogens with zero attached hydrogens (tertiary/aromatic N) is 4. The van der Waals surface area contributed by atoms with E-state index in [1.165, 1.54) is 17.2 Å². The van der Waals surface area contributed by atoms with Crippen molar-refractivity contribution >= 4 is 43.6 Å². The molecular formula is C53H41F3N4. The zero-order valence-corrected chi connectivity index (χ0v) is 34.2. The lowest BCUT2D eigenvalue weighted by Crippen LogP contribution is -2.10. The molecule has 0 N–H and O–H groups in total. The second-order valence-corrected chi connectivity index (χ2v) is 17.6. The summed E-state index contributed by atoms with van der Waals surface area (Å²) in [6.45, 7) is 13.2. The van der Waals surface area contributed by atoms with Gasteiger partial charge in [0, 0.05) is 38.4 Å². The van der Waals surface area contributed by atoms with Gasteiger partial charge in [-0.15, -0.1) is 0 Å². The van der Waals surface area contributed by atoms with Gasteiger partial charge in [-0.25, -0.2) is 0 Å². The van der Waals surface area contributed by atoms with Gasteiger partial charge in [-0.2, -0.15) is 23.7 Å². The number of alkyl halides is 3. The lowest BCUT2D eigenvalue weighted by molar-refractivity contribution is -0.137. The third-order valence-electron chi connectivity index (χ3n) is 11.8. The van der Waals surface area contributed by atoms with Crippen LogP contribution in [0.3, 0.4) is 0 Å². The van der Waals surface area contributed by atoms with Crippen LogP contribution in [0, 0.1) is 22.7 Å². The molecule has 9 aromatic rings. The molecule has 7 aromatic carbocycles. The number of hydrogen-bond donors (Lipinski definition) is 0. The average molecular weight is 791 g/mol. The molecule has 2 heterocycles. The smallest absolute Gasteiger partial charge is 0.309 e. The fourth-order valence-corrected chi connectivity index (χ4v) is 8.59. The van der Waals surface area contributed by atoms with Crippen molar-refractivity contribution in [3.8, 4) is 45.8 Å². The van der Waals surface area contributed by atoms with Gasteiger partial charge in [0.05, 0.1) is 56.6 Å².